The Kier molecular flexibility index (Phi) is 7.82. The van der Waals surface area contributed by atoms with Crippen LogP contribution in [-0.4, -0.2) is 23.9 Å². The molecule has 0 aliphatic heterocycles. The summed E-state index contributed by atoms with van der Waals surface area (Å²) in [7, 11) is 0. The SMILES string of the molecule is C=C(C)C(=O)Oc1cc2c(cc1OC(=O)C(=C)C)C(C)(C)c1c-2ccc(OC(=O)C(=C)C)c1OC(=O)C(=C)C. The lowest BCUT2D eigenvalue weighted by Gasteiger charge is -2.25. The Bertz CT molecular complexity index is 1500. The Morgan fingerprint density at radius 3 is 1.46 bits per heavy atom. The number of rotatable bonds is 8. The third kappa shape index (κ3) is 5.60. The highest BCUT2D eigenvalue weighted by molar-refractivity contribution is 5.95. The summed E-state index contributed by atoms with van der Waals surface area (Å²) in [6, 6.07) is 6.35. The summed E-state index contributed by atoms with van der Waals surface area (Å²) in [5.74, 6) is -2.81. The molecule has 0 saturated carbocycles. The highest BCUT2D eigenvalue weighted by Crippen LogP contribution is 2.57. The van der Waals surface area contributed by atoms with Crippen LogP contribution in [0.5, 0.6) is 23.0 Å². The van der Waals surface area contributed by atoms with E-state index in [-0.39, 0.29) is 45.3 Å². The molecule has 2 aromatic rings. The third-order valence-electron chi connectivity index (χ3n) is 5.99. The maximum absolute atomic E-state index is 12.6. The molecule has 0 heterocycles. The summed E-state index contributed by atoms with van der Waals surface area (Å²) in [5.41, 5.74) is 2.18. The van der Waals surface area contributed by atoms with Gasteiger partial charge in [0.1, 0.15) is 0 Å². The summed E-state index contributed by atoms with van der Waals surface area (Å²) < 4.78 is 22.2. The van der Waals surface area contributed by atoms with Gasteiger partial charge in [0.15, 0.2) is 23.0 Å². The zero-order valence-corrected chi connectivity index (χ0v) is 22.9. The highest BCUT2D eigenvalue weighted by Gasteiger charge is 2.42. The van der Waals surface area contributed by atoms with Crippen LogP contribution in [0.4, 0.5) is 0 Å². The molecule has 0 atom stereocenters. The number of hydrogen-bond acceptors (Lipinski definition) is 8. The standard InChI is InChI=1S/C31H30O8/c1-15(2)27(32)36-22-12-11-19-20-13-23(37-28(33)16(3)4)24(38-29(34)17(5)6)14-21(20)31(9,10)25(19)26(22)39-30(35)18(7)8/h11-14H,1,3,5,7H2,2,4,6,8-10H3. The second kappa shape index (κ2) is 10.6. The fourth-order valence-electron chi connectivity index (χ4n) is 3.93. The van der Waals surface area contributed by atoms with Crippen molar-refractivity contribution >= 4 is 23.9 Å². The first-order valence-corrected chi connectivity index (χ1v) is 11.9. The normalized spacial score (nSPS) is 12.4. The summed E-state index contributed by atoms with van der Waals surface area (Å²) in [4.78, 5) is 49.8. The Morgan fingerprint density at radius 2 is 1.00 bits per heavy atom. The molecule has 8 nitrogen and oxygen atoms in total. The van der Waals surface area contributed by atoms with Gasteiger partial charge in [0, 0.05) is 33.3 Å². The number of esters is 4. The van der Waals surface area contributed by atoms with Gasteiger partial charge in [-0.2, -0.15) is 0 Å². The van der Waals surface area contributed by atoms with E-state index >= 15 is 0 Å². The molecule has 0 saturated heterocycles. The number of benzene rings is 2. The molecule has 1 aliphatic rings. The number of hydrogen-bond donors (Lipinski definition) is 0. The summed E-state index contributed by atoms with van der Waals surface area (Å²) in [5, 5.41) is 0. The molecule has 0 bridgehead atoms. The van der Waals surface area contributed by atoms with E-state index < -0.39 is 29.3 Å². The average Bonchev–Trinajstić information content (AvgIpc) is 3.06. The Labute approximate surface area is 227 Å². The Morgan fingerprint density at radius 1 is 0.590 bits per heavy atom. The Hall–Kier alpha value is -4.72. The van der Waals surface area contributed by atoms with E-state index in [1.807, 2.05) is 13.8 Å². The number of carbonyl (C=O) groups is 4. The molecule has 2 aromatic carbocycles. The molecule has 0 unspecified atom stereocenters. The van der Waals surface area contributed by atoms with Crippen molar-refractivity contribution in [3.63, 3.8) is 0 Å². The van der Waals surface area contributed by atoms with Gasteiger partial charge >= 0.3 is 23.9 Å². The lowest BCUT2D eigenvalue weighted by atomic mass is 9.81. The first-order valence-electron chi connectivity index (χ1n) is 11.9. The lowest BCUT2D eigenvalue weighted by Crippen LogP contribution is -2.20. The molecule has 3 rings (SSSR count). The van der Waals surface area contributed by atoms with Crippen molar-refractivity contribution in [2.24, 2.45) is 0 Å². The van der Waals surface area contributed by atoms with Crippen LogP contribution in [0.3, 0.4) is 0 Å². The van der Waals surface area contributed by atoms with Crippen LogP contribution in [0.15, 0.2) is 72.9 Å². The van der Waals surface area contributed by atoms with E-state index in [0.717, 1.165) is 0 Å². The fourth-order valence-corrected chi connectivity index (χ4v) is 3.93. The van der Waals surface area contributed by atoms with Gasteiger partial charge in [-0.05, 0) is 62.6 Å². The van der Waals surface area contributed by atoms with Crippen molar-refractivity contribution in [2.45, 2.75) is 47.0 Å². The van der Waals surface area contributed by atoms with Crippen LogP contribution >= 0.6 is 0 Å². The van der Waals surface area contributed by atoms with Crippen LogP contribution in [0.1, 0.15) is 52.7 Å². The fraction of sp³-hybridized carbons (Fsp3) is 0.226. The van der Waals surface area contributed by atoms with E-state index in [2.05, 4.69) is 26.3 Å². The van der Waals surface area contributed by atoms with E-state index in [4.69, 9.17) is 18.9 Å². The minimum atomic E-state index is -0.859. The second-order valence-corrected chi connectivity index (χ2v) is 9.96. The molecule has 1 aliphatic carbocycles. The highest BCUT2D eigenvalue weighted by atomic mass is 16.6. The second-order valence-electron chi connectivity index (χ2n) is 9.96. The van der Waals surface area contributed by atoms with Gasteiger partial charge in [0.05, 0.1) is 0 Å². The maximum atomic E-state index is 12.6. The van der Waals surface area contributed by atoms with E-state index in [1.165, 1.54) is 33.8 Å². The van der Waals surface area contributed by atoms with Gasteiger partial charge in [-0.3, -0.25) is 0 Å². The molecule has 8 heteroatoms. The molecule has 0 N–H and O–H groups in total. The third-order valence-corrected chi connectivity index (χ3v) is 5.99. The van der Waals surface area contributed by atoms with Crippen molar-refractivity contribution in [3.05, 3.63) is 84.0 Å². The van der Waals surface area contributed by atoms with Crippen molar-refractivity contribution in [1.29, 1.82) is 0 Å². The molecule has 39 heavy (non-hydrogen) atoms. The van der Waals surface area contributed by atoms with Gasteiger partial charge in [-0.15, -0.1) is 0 Å². The maximum Gasteiger partial charge on any atom is 0.338 e. The molecule has 0 spiro atoms. The van der Waals surface area contributed by atoms with Gasteiger partial charge in [-0.25, -0.2) is 19.2 Å². The summed E-state index contributed by atoms with van der Waals surface area (Å²) in [6.07, 6.45) is 0. The van der Waals surface area contributed by atoms with Gasteiger partial charge in [0.25, 0.3) is 0 Å². The first-order chi connectivity index (χ1) is 18.1. The lowest BCUT2D eigenvalue weighted by molar-refractivity contribution is -0.132. The van der Waals surface area contributed by atoms with Crippen LogP contribution in [0.25, 0.3) is 11.1 Å². The van der Waals surface area contributed by atoms with E-state index in [1.54, 1.807) is 18.2 Å². The van der Waals surface area contributed by atoms with E-state index in [0.29, 0.717) is 22.3 Å². The average molecular weight is 531 g/mol. The van der Waals surface area contributed by atoms with Crippen molar-refractivity contribution in [2.75, 3.05) is 0 Å². The van der Waals surface area contributed by atoms with Gasteiger partial charge in [-0.1, -0.05) is 46.2 Å². The quantitative estimate of drug-likeness (QED) is 0.235. The zero-order valence-electron chi connectivity index (χ0n) is 22.9. The zero-order chi connectivity index (χ0) is 29.4. The summed E-state index contributed by atoms with van der Waals surface area (Å²) >= 11 is 0. The first kappa shape index (κ1) is 28.8. The number of fused-ring (bicyclic) bond motifs is 3. The predicted molar refractivity (Wildman–Crippen MR) is 146 cm³/mol. The van der Waals surface area contributed by atoms with Crippen molar-refractivity contribution < 1.29 is 38.1 Å². The van der Waals surface area contributed by atoms with Gasteiger partial charge in [0.2, 0.25) is 0 Å². The van der Waals surface area contributed by atoms with Crippen molar-refractivity contribution in [1.82, 2.24) is 0 Å². The molecule has 0 fully saturated rings. The Balaban J connectivity index is 2.31. The predicted octanol–water partition coefficient (Wildman–Crippen LogP) is 5.92. The molecular formula is C31H30O8. The minimum Gasteiger partial charge on any atom is -0.419 e. The van der Waals surface area contributed by atoms with Crippen molar-refractivity contribution in [3.8, 4) is 34.1 Å². The molecule has 0 radical (unpaired) electrons. The van der Waals surface area contributed by atoms with Crippen LogP contribution in [0.2, 0.25) is 0 Å². The molecule has 0 aromatic heterocycles. The van der Waals surface area contributed by atoms with Gasteiger partial charge < -0.3 is 18.9 Å². The molecular weight excluding hydrogens is 500 g/mol. The van der Waals surface area contributed by atoms with Crippen LogP contribution in [-0.2, 0) is 24.6 Å². The van der Waals surface area contributed by atoms with E-state index in [9.17, 15) is 19.2 Å². The smallest absolute Gasteiger partial charge is 0.338 e. The monoisotopic (exact) mass is 530 g/mol. The number of carbonyl (C=O) groups excluding carboxylic acids is 4. The largest absolute Gasteiger partial charge is 0.419 e. The van der Waals surface area contributed by atoms with Crippen LogP contribution < -0.4 is 18.9 Å². The molecule has 0 amide bonds. The summed E-state index contributed by atoms with van der Waals surface area (Å²) in [6.45, 7) is 24.1. The topological polar surface area (TPSA) is 105 Å². The van der Waals surface area contributed by atoms with Crippen LogP contribution in [0, 0.1) is 0 Å². The molecule has 202 valence electrons. The minimum absolute atomic E-state index is 0.00774. The number of ether oxygens (including phenoxy) is 4.